The number of halogens is 1. The number of fused-ring (bicyclic) bond motifs is 1. The van der Waals surface area contributed by atoms with E-state index in [9.17, 15) is 4.79 Å². The average Bonchev–Trinajstić information content (AvgIpc) is 2.67. The monoisotopic (exact) mass is 376 g/mol. The first kappa shape index (κ1) is 17.4. The highest BCUT2D eigenvalue weighted by atomic mass is 35.5. The predicted octanol–water partition coefficient (Wildman–Crippen LogP) is 6.00. The number of rotatable bonds is 4. The highest BCUT2D eigenvalue weighted by Crippen LogP contribution is 2.28. The molecule has 0 fully saturated rings. The normalized spacial score (nSPS) is 10.9. The topological polar surface area (TPSA) is 39.4 Å². The third-order valence-electron chi connectivity index (χ3n) is 4.40. The van der Waals surface area contributed by atoms with Gasteiger partial charge in [0.05, 0.1) is 10.9 Å². The second-order valence-corrected chi connectivity index (χ2v) is 6.80. The van der Waals surface area contributed by atoms with Gasteiger partial charge in [0, 0.05) is 16.7 Å². The fourth-order valence-electron chi connectivity index (χ4n) is 3.03. The van der Waals surface area contributed by atoms with E-state index in [1.165, 1.54) is 11.8 Å². The van der Waals surface area contributed by atoms with Gasteiger partial charge in [0.25, 0.3) is 0 Å². The zero-order valence-corrected chi connectivity index (χ0v) is 15.5. The van der Waals surface area contributed by atoms with Gasteiger partial charge < -0.3 is 9.15 Å². The van der Waals surface area contributed by atoms with Gasteiger partial charge in [0.2, 0.25) is 5.43 Å². The summed E-state index contributed by atoms with van der Waals surface area (Å²) in [5, 5.41) is 1.01. The van der Waals surface area contributed by atoms with Crippen LogP contribution in [0.15, 0.2) is 82.2 Å². The molecule has 3 nitrogen and oxygen atoms in total. The number of ether oxygens (including phenoxy) is 1. The summed E-state index contributed by atoms with van der Waals surface area (Å²) in [4.78, 5) is 12.8. The van der Waals surface area contributed by atoms with E-state index in [4.69, 9.17) is 20.8 Å². The zero-order chi connectivity index (χ0) is 18.8. The van der Waals surface area contributed by atoms with Gasteiger partial charge in [-0.1, -0.05) is 59.6 Å². The molecule has 0 saturated carbocycles. The van der Waals surface area contributed by atoms with Gasteiger partial charge in [-0.3, -0.25) is 4.79 Å². The highest BCUT2D eigenvalue weighted by molar-refractivity contribution is 6.33. The van der Waals surface area contributed by atoms with Crippen LogP contribution in [0.1, 0.15) is 11.1 Å². The molecule has 0 bridgehead atoms. The summed E-state index contributed by atoms with van der Waals surface area (Å²) in [7, 11) is 0. The lowest BCUT2D eigenvalue weighted by Crippen LogP contribution is -2.05. The Hall–Kier alpha value is -3.04. The van der Waals surface area contributed by atoms with Crippen molar-refractivity contribution in [3.05, 3.63) is 99.4 Å². The molecule has 4 aromatic rings. The molecule has 0 unspecified atom stereocenters. The van der Waals surface area contributed by atoms with Gasteiger partial charge in [0.15, 0.2) is 0 Å². The molecule has 0 aliphatic carbocycles. The molecule has 4 heteroatoms. The molecule has 0 N–H and O–H groups in total. The molecule has 1 heterocycles. The SMILES string of the molecule is Cc1cccc(COc2ccc3c(=O)c(-c4ccccc4Cl)coc3c2)c1. The van der Waals surface area contributed by atoms with E-state index >= 15 is 0 Å². The molecule has 134 valence electrons. The Labute approximate surface area is 161 Å². The maximum Gasteiger partial charge on any atom is 0.200 e. The van der Waals surface area contributed by atoms with E-state index in [0.717, 1.165) is 5.56 Å². The quantitative estimate of drug-likeness (QED) is 0.438. The Kier molecular flexibility index (Phi) is 4.69. The van der Waals surface area contributed by atoms with Crippen LogP contribution in [0.3, 0.4) is 0 Å². The minimum atomic E-state index is -0.116. The first-order valence-electron chi connectivity index (χ1n) is 8.60. The third kappa shape index (κ3) is 3.60. The van der Waals surface area contributed by atoms with Crippen molar-refractivity contribution in [2.45, 2.75) is 13.5 Å². The maximum atomic E-state index is 12.8. The predicted molar refractivity (Wildman–Crippen MR) is 108 cm³/mol. The van der Waals surface area contributed by atoms with Gasteiger partial charge in [-0.15, -0.1) is 0 Å². The number of hydrogen-bond acceptors (Lipinski definition) is 3. The first-order chi connectivity index (χ1) is 13.1. The molecule has 0 amide bonds. The largest absolute Gasteiger partial charge is 0.489 e. The van der Waals surface area contributed by atoms with E-state index < -0.39 is 0 Å². The smallest absolute Gasteiger partial charge is 0.200 e. The molecule has 0 atom stereocenters. The standard InChI is InChI=1S/C23H17ClO3/c1-15-5-4-6-16(11-15)13-26-17-9-10-19-22(12-17)27-14-20(23(19)25)18-7-2-3-8-21(18)24/h2-12,14H,13H2,1H3. The van der Waals surface area contributed by atoms with Gasteiger partial charge >= 0.3 is 0 Å². The minimum absolute atomic E-state index is 0.116. The Balaban J connectivity index is 1.65. The van der Waals surface area contributed by atoms with E-state index in [1.807, 2.05) is 37.3 Å². The molecular formula is C23H17ClO3. The van der Waals surface area contributed by atoms with Crippen LogP contribution in [0, 0.1) is 6.92 Å². The average molecular weight is 377 g/mol. The Morgan fingerprint density at radius 1 is 0.963 bits per heavy atom. The van der Waals surface area contributed by atoms with Gasteiger partial charge in [-0.25, -0.2) is 0 Å². The van der Waals surface area contributed by atoms with Crippen molar-refractivity contribution in [1.82, 2.24) is 0 Å². The fraction of sp³-hybridized carbons (Fsp3) is 0.0870. The minimum Gasteiger partial charge on any atom is -0.489 e. The second-order valence-electron chi connectivity index (χ2n) is 6.39. The highest BCUT2D eigenvalue weighted by Gasteiger charge is 2.12. The molecule has 0 saturated heterocycles. The number of benzene rings is 3. The maximum absolute atomic E-state index is 12.8. The first-order valence-corrected chi connectivity index (χ1v) is 8.98. The molecule has 4 rings (SSSR count). The van der Waals surface area contributed by atoms with Crippen LogP contribution < -0.4 is 10.2 Å². The lowest BCUT2D eigenvalue weighted by atomic mass is 10.1. The lowest BCUT2D eigenvalue weighted by Gasteiger charge is -2.09. The number of hydrogen-bond donors (Lipinski definition) is 0. The Morgan fingerprint density at radius 2 is 1.81 bits per heavy atom. The van der Waals surface area contributed by atoms with Crippen LogP contribution in [0.2, 0.25) is 5.02 Å². The van der Waals surface area contributed by atoms with E-state index in [2.05, 4.69) is 6.07 Å². The third-order valence-corrected chi connectivity index (χ3v) is 4.73. The van der Waals surface area contributed by atoms with Crippen LogP contribution in [0.25, 0.3) is 22.1 Å². The number of aryl methyl sites for hydroxylation is 1. The second kappa shape index (κ2) is 7.29. The van der Waals surface area contributed by atoms with Crippen molar-refractivity contribution in [2.24, 2.45) is 0 Å². The molecule has 27 heavy (non-hydrogen) atoms. The van der Waals surface area contributed by atoms with E-state index in [-0.39, 0.29) is 5.43 Å². The van der Waals surface area contributed by atoms with E-state index in [0.29, 0.717) is 39.5 Å². The van der Waals surface area contributed by atoms with E-state index in [1.54, 1.807) is 30.3 Å². The van der Waals surface area contributed by atoms with Gasteiger partial charge in [-0.2, -0.15) is 0 Å². The van der Waals surface area contributed by atoms with Crippen molar-refractivity contribution in [2.75, 3.05) is 0 Å². The van der Waals surface area contributed by atoms with Crippen LogP contribution in [-0.2, 0) is 6.61 Å². The summed E-state index contributed by atoms with van der Waals surface area (Å²) in [5.74, 6) is 0.651. The molecule has 3 aromatic carbocycles. The molecular weight excluding hydrogens is 360 g/mol. The van der Waals surface area contributed by atoms with Crippen molar-refractivity contribution in [3.8, 4) is 16.9 Å². The summed E-state index contributed by atoms with van der Waals surface area (Å²) in [6.45, 7) is 2.50. The fourth-order valence-corrected chi connectivity index (χ4v) is 3.27. The summed E-state index contributed by atoms with van der Waals surface area (Å²) in [6, 6.07) is 20.6. The zero-order valence-electron chi connectivity index (χ0n) is 14.7. The van der Waals surface area contributed by atoms with Crippen LogP contribution in [0.5, 0.6) is 5.75 Å². The van der Waals surface area contributed by atoms with Gasteiger partial charge in [-0.05, 0) is 30.7 Å². The molecule has 0 radical (unpaired) electrons. The molecule has 0 spiro atoms. The summed E-state index contributed by atoms with van der Waals surface area (Å²) < 4.78 is 11.6. The van der Waals surface area contributed by atoms with Gasteiger partial charge in [0.1, 0.15) is 24.2 Å². The Morgan fingerprint density at radius 3 is 2.63 bits per heavy atom. The molecule has 1 aromatic heterocycles. The van der Waals surface area contributed by atoms with Crippen molar-refractivity contribution >= 4 is 22.6 Å². The Bertz CT molecular complexity index is 1180. The van der Waals surface area contributed by atoms with Crippen molar-refractivity contribution in [3.63, 3.8) is 0 Å². The summed E-state index contributed by atoms with van der Waals surface area (Å²) >= 11 is 6.22. The van der Waals surface area contributed by atoms with Crippen molar-refractivity contribution in [1.29, 1.82) is 0 Å². The lowest BCUT2D eigenvalue weighted by molar-refractivity contribution is 0.306. The summed E-state index contributed by atoms with van der Waals surface area (Å²) in [5.41, 5.74) is 3.75. The molecule has 0 aliphatic rings. The van der Waals surface area contributed by atoms with Crippen LogP contribution in [0.4, 0.5) is 0 Å². The summed E-state index contributed by atoms with van der Waals surface area (Å²) in [6.07, 6.45) is 1.45. The molecule has 0 aliphatic heterocycles. The van der Waals surface area contributed by atoms with Crippen LogP contribution >= 0.6 is 11.6 Å². The van der Waals surface area contributed by atoms with Crippen LogP contribution in [-0.4, -0.2) is 0 Å². The van der Waals surface area contributed by atoms with Crippen molar-refractivity contribution < 1.29 is 9.15 Å².